The van der Waals surface area contributed by atoms with Crippen molar-refractivity contribution in [3.05, 3.63) is 215 Å². The second kappa shape index (κ2) is 13.3. The molecular weight excluding hydrogens is 699 g/mol. The fraction of sp³-hybridized carbons (Fsp3) is 0.158. The lowest BCUT2D eigenvalue weighted by Gasteiger charge is -2.23. The molecule has 282 valence electrons. The van der Waals surface area contributed by atoms with Gasteiger partial charge in [0.2, 0.25) is 0 Å². The zero-order chi connectivity index (χ0) is 39.8. The molecule has 0 amide bonds. The van der Waals surface area contributed by atoms with Gasteiger partial charge in [0.05, 0.1) is 0 Å². The van der Waals surface area contributed by atoms with Gasteiger partial charge in [0.25, 0.3) is 0 Å². The first kappa shape index (κ1) is 35.9. The Hall–Kier alpha value is -6.44. The van der Waals surface area contributed by atoms with Gasteiger partial charge < -0.3 is 5.32 Å². The molecule has 0 unspecified atom stereocenters. The molecule has 8 aromatic rings. The van der Waals surface area contributed by atoms with Crippen molar-refractivity contribution in [3.63, 3.8) is 0 Å². The van der Waals surface area contributed by atoms with E-state index in [0.29, 0.717) is 0 Å². The number of fused-ring (bicyclic) bond motifs is 9. The highest BCUT2D eigenvalue weighted by atomic mass is 14.9. The first-order valence-electron chi connectivity index (χ1n) is 20.7. The van der Waals surface area contributed by atoms with Crippen LogP contribution in [0.15, 0.2) is 182 Å². The van der Waals surface area contributed by atoms with E-state index in [9.17, 15) is 0 Å². The van der Waals surface area contributed by atoms with Gasteiger partial charge in [-0.05, 0) is 119 Å². The third-order valence-electron chi connectivity index (χ3n) is 13.4. The number of hydrogen-bond acceptors (Lipinski definition) is 1. The zero-order valence-corrected chi connectivity index (χ0v) is 34.3. The molecule has 1 N–H and O–H groups in total. The van der Waals surface area contributed by atoms with Crippen molar-refractivity contribution in [2.75, 3.05) is 5.32 Å². The Kier molecular flexibility index (Phi) is 8.25. The second-order valence-electron chi connectivity index (χ2n) is 17.9. The van der Waals surface area contributed by atoms with Crippen LogP contribution in [0, 0.1) is 0 Å². The molecule has 8 aromatic carbocycles. The minimum absolute atomic E-state index is 0.00916. The lowest BCUT2D eigenvalue weighted by atomic mass is 9.81. The molecule has 0 heterocycles. The molecule has 3 aliphatic carbocycles. The van der Waals surface area contributed by atoms with Gasteiger partial charge in [-0.1, -0.05) is 193 Å². The Morgan fingerprint density at radius 2 is 0.569 bits per heavy atom. The summed E-state index contributed by atoms with van der Waals surface area (Å²) in [6, 6.07) is 66.5. The van der Waals surface area contributed by atoms with Crippen LogP contribution in [0.4, 0.5) is 11.4 Å². The van der Waals surface area contributed by atoms with E-state index in [1.54, 1.807) is 0 Å². The monoisotopic (exact) mass is 747 g/mol. The predicted octanol–water partition coefficient (Wildman–Crippen LogP) is 15.4. The Morgan fingerprint density at radius 3 is 1.05 bits per heavy atom. The van der Waals surface area contributed by atoms with E-state index in [2.05, 4.69) is 229 Å². The van der Waals surface area contributed by atoms with Gasteiger partial charge in [0, 0.05) is 27.6 Å². The summed E-state index contributed by atoms with van der Waals surface area (Å²) in [6.45, 7) is 14.0. The molecule has 0 radical (unpaired) electrons. The molecule has 58 heavy (non-hydrogen) atoms. The average molecular weight is 748 g/mol. The number of nitrogens with one attached hydrogen (secondary N) is 1. The number of benzene rings is 8. The summed E-state index contributed by atoms with van der Waals surface area (Å²) in [6.07, 6.45) is 0. The SMILES string of the molecule is CC1(C)c2ccccc2-c2ccc(Nc3ccc4c(c3)C(C)(C)c3cc(-c5ccc(-c6ccccc6)cc5)ccc3-4)cc21.CC1(C)c2ccccc2-c2ccccc21. The highest BCUT2D eigenvalue weighted by Crippen LogP contribution is 2.52. The van der Waals surface area contributed by atoms with Crippen molar-refractivity contribution in [3.8, 4) is 55.6 Å². The van der Waals surface area contributed by atoms with E-state index in [4.69, 9.17) is 0 Å². The summed E-state index contributed by atoms with van der Waals surface area (Å²) in [4.78, 5) is 0. The quantitative estimate of drug-likeness (QED) is 0.189. The third-order valence-corrected chi connectivity index (χ3v) is 13.4. The fourth-order valence-electron chi connectivity index (χ4n) is 10.1. The topological polar surface area (TPSA) is 12.0 Å². The van der Waals surface area contributed by atoms with Crippen LogP contribution in [-0.4, -0.2) is 0 Å². The molecule has 0 saturated carbocycles. The molecule has 0 bridgehead atoms. The smallest absolute Gasteiger partial charge is 0.0387 e. The number of anilines is 2. The average Bonchev–Trinajstić information content (AvgIpc) is 3.73. The molecule has 0 aromatic heterocycles. The molecular formula is C57H49N. The summed E-state index contributed by atoms with van der Waals surface area (Å²) < 4.78 is 0. The molecule has 1 nitrogen and oxygen atoms in total. The van der Waals surface area contributed by atoms with Crippen molar-refractivity contribution < 1.29 is 0 Å². The summed E-state index contributed by atoms with van der Waals surface area (Å²) in [5.74, 6) is 0. The van der Waals surface area contributed by atoms with Gasteiger partial charge in [0.15, 0.2) is 0 Å². The van der Waals surface area contributed by atoms with E-state index in [1.807, 2.05) is 0 Å². The Labute approximate surface area is 344 Å². The summed E-state index contributed by atoms with van der Waals surface area (Å²) >= 11 is 0. The van der Waals surface area contributed by atoms with Crippen molar-refractivity contribution >= 4 is 11.4 Å². The molecule has 1 heteroatoms. The standard InChI is InChI=1S/C42H35N.C15H14/c1-41(2)37-13-9-8-12-33(37)35-22-19-31(25-39(35)41)43-32-20-23-36-34-21-18-30(24-38(34)42(3,4)40(36)26-32)29-16-14-28(15-17-29)27-10-6-5-7-11-27;1-15(2)13-9-5-3-7-11(13)12-8-4-6-10-14(12)15/h5-26,43H,1-4H3;3-10H,1-2H3. The number of hydrogen-bond donors (Lipinski definition) is 1. The lowest BCUT2D eigenvalue weighted by molar-refractivity contribution is 0.660. The lowest BCUT2D eigenvalue weighted by Crippen LogP contribution is -2.15. The summed E-state index contributed by atoms with van der Waals surface area (Å²) in [5.41, 5.74) is 24.0. The fourth-order valence-corrected chi connectivity index (χ4v) is 10.1. The Morgan fingerprint density at radius 1 is 0.259 bits per heavy atom. The first-order chi connectivity index (χ1) is 28.0. The minimum atomic E-state index is -0.0933. The number of rotatable bonds is 4. The highest BCUT2D eigenvalue weighted by molar-refractivity contribution is 5.87. The van der Waals surface area contributed by atoms with Crippen LogP contribution in [0.25, 0.3) is 55.6 Å². The van der Waals surface area contributed by atoms with Crippen LogP contribution in [0.2, 0.25) is 0 Å². The largest absolute Gasteiger partial charge is 0.356 e. The van der Waals surface area contributed by atoms with E-state index >= 15 is 0 Å². The third kappa shape index (κ3) is 5.67. The van der Waals surface area contributed by atoms with Gasteiger partial charge in [-0.25, -0.2) is 0 Å². The molecule has 11 rings (SSSR count). The van der Waals surface area contributed by atoms with E-state index < -0.39 is 0 Å². The summed E-state index contributed by atoms with van der Waals surface area (Å²) in [7, 11) is 0. The normalized spacial score (nSPS) is 15.1. The van der Waals surface area contributed by atoms with Gasteiger partial charge in [0.1, 0.15) is 0 Å². The highest BCUT2D eigenvalue weighted by Gasteiger charge is 2.37. The maximum atomic E-state index is 3.75. The molecule has 3 aliphatic rings. The first-order valence-corrected chi connectivity index (χ1v) is 20.7. The van der Waals surface area contributed by atoms with E-state index in [-0.39, 0.29) is 16.2 Å². The van der Waals surface area contributed by atoms with Crippen LogP contribution < -0.4 is 5.32 Å². The predicted molar refractivity (Wildman–Crippen MR) is 246 cm³/mol. The minimum Gasteiger partial charge on any atom is -0.356 e. The molecule has 0 atom stereocenters. The zero-order valence-electron chi connectivity index (χ0n) is 34.3. The van der Waals surface area contributed by atoms with Gasteiger partial charge in [-0.15, -0.1) is 0 Å². The molecule has 0 spiro atoms. The maximum absolute atomic E-state index is 3.75. The van der Waals surface area contributed by atoms with Crippen LogP contribution in [0.3, 0.4) is 0 Å². The van der Waals surface area contributed by atoms with E-state index in [1.165, 1.54) is 89.0 Å². The van der Waals surface area contributed by atoms with Crippen molar-refractivity contribution in [1.82, 2.24) is 0 Å². The van der Waals surface area contributed by atoms with Gasteiger partial charge >= 0.3 is 0 Å². The van der Waals surface area contributed by atoms with E-state index in [0.717, 1.165) is 11.4 Å². The van der Waals surface area contributed by atoms with Gasteiger partial charge in [-0.3, -0.25) is 0 Å². The molecule has 0 aliphatic heterocycles. The van der Waals surface area contributed by atoms with Crippen LogP contribution in [0.5, 0.6) is 0 Å². The summed E-state index contributed by atoms with van der Waals surface area (Å²) in [5, 5.41) is 3.75. The van der Waals surface area contributed by atoms with Crippen LogP contribution in [-0.2, 0) is 16.2 Å². The van der Waals surface area contributed by atoms with Gasteiger partial charge in [-0.2, -0.15) is 0 Å². The molecule has 0 fully saturated rings. The van der Waals surface area contributed by atoms with Crippen molar-refractivity contribution in [2.24, 2.45) is 0 Å². The van der Waals surface area contributed by atoms with Crippen molar-refractivity contribution in [1.29, 1.82) is 0 Å². The van der Waals surface area contributed by atoms with Crippen LogP contribution in [0.1, 0.15) is 74.9 Å². The Bertz CT molecular complexity index is 2820. The van der Waals surface area contributed by atoms with Crippen molar-refractivity contribution in [2.45, 2.75) is 57.8 Å². The molecule has 0 saturated heterocycles. The maximum Gasteiger partial charge on any atom is 0.0387 e. The second-order valence-corrected chi connectivity index (χ2v) is 17.9. The van der Waals surface area contributed by atoms with Crippen LogP contribution >= 0.6 is 0 Å². The Balaban J connectivity index is 0.000000227.